The van der Waals surface area contributed by atoms with Gasteiger partial charge in [0.2, 0.25) is 0 Å². The standard InChI is InChI=1S/C16H23N5O.ClH/c1-9-7-17-8-11(9)15-18-13-12(10-5-3-4-6-10)20-21(2)14(13)16(22)19-15;/h9-11,17H,3-8H2,1-2H3,(H,18,19,22);1H. The molecule has 3 heterocycles. The maximum Gasteiger partial charge on any atom is 0.277 e. The van der Waals surface area contributed by atoms with E-state index in [1.165, 1.54) is 12.8 Å². The molecule has 0 aromatic carbocycles. The molecule has 2 aromatic heterocycles. The van der Waals surface area contributed by atoms with E-state index < -0.39 is 0 Å². The summed E-state index contributed by atoms with van der Waals surface area (Å²) < 4.78 is 1.70. The second-order valence-electron chi connectivity index (χ2n) is 6.88. The van der Waals surface area contributed by atoms with Crippen molar-refractivity contribution in [3.05, 3.63) is 21.9 Å². The number of nitrogens with zero attached hydrogens (tertiary/aromatic N) is 3. The average molecular weight is 338 g/mol. The third-order valence-corrected chi connectivity index (χ3v) is 5.35. The Kier molecular flexibility index (Phi) is 4.47. The molecule has 2 unspecified atom stereocenters. The van der Waals surface area contributed by atoms with Crippen LogP contribution in [-0.4, -0.2) is 32.8 Å². The molecule has 0 radical (unpaired) electrons. The van der Waals surface area contributed by atoms with Crippen molar-refractivity contribution in [3.8, 4) is 0 Å². The van der Waals surface area contributed by atoms with Gasteiger partial charge in [-0.3, -0.25) is 9.48 Å². The minimum atomic E-state index is -0.0571. The molecule has 2 N–H and O–H groups in total. The Labute approximate surface area is 141 Å². The van der Waals surface area contributed by atoms with Crippen molar-refractivity contribution in [2.24, 2.45) is 13.0 Å². The van der Waals surface area contributed by atoms with E-state index in [4.69, 9.17) is 4.98 Å². The lowest BCUT2D eigenvalue weighted by Gasteiger charge is -2.13. The number of hydrogen-bond acceptors (Lipinski definition) is 4. The van der Waals surface area contributed by atoms with Crippen molar-refractivity contribution in [1.29, 1.82) is 0 Å². The molecule has 0 amide bonds. The summed E-state index contributed by atoms with van der Waals surface area (Å²) in [5, 5.41) is 8.02. The van der Waals surface area contributed by atoms with Crippen LogP contribution in [0.2, 0.25) is 0 Å². The topological polar surface area (TPSA) is 75.6 Å². The summed E-state index contributed by atoms with van der Waals surface area (Å²) in [4.78, 5) is 20.4. The first kappa shape index (κ1) is 16.5. The highest BCUT2D eigenvalue weighted by Crippen LogP contribution is 2.36. The van der Waals surface area contributed by atoms with Crippen LogP contribution in [0.25, 0.3) is 11.0 Å². The fourth-order valence-corrected chi connectivity index (χ4v) is 4.05. The largest absolute Gasteiger partial charge is 0.316 e. The fourth-order valence-electron chi connectivity index (χ4n) is 4.05. The van der Waals surface area contributed by atoms with Crippen LogP contribution in [0, 0.1) is 5.92 Å². The number of aryl methyl sites for hydroxylation is 1. The Morgan fingerprint density at radius 2 is 1.96 bits per heavy atom. The third-order valence-electron chi connectivity index (χ3n) is 5.35. The summed E-state index contributed by atoms with van der Waals surface area (Å²) >= 11 is 0. The number of H-pyrrole nitrogens is 1. The first-order valence-corrected chi connectivity index (χ1v) is 8.32. The molecule has 126 valence electrons. The maximum absolute atomic E-state index is 12.5. The van der Waals surface area contributed by atoms with Crippen LogP contribution in [-0.2, 0) is 7.05 Å². The fraction of sp³-hybridized carbons (Fsp3) is 0.688. The smallest absolute Gasteiger partial charge is 0.277 e. The summed E-state index contributed by atoms with van der Waals surface area (Å²) in [5.41, 5.74) is 2.41. The average Bonchev–Trinajstić information content (AvgIpc) is 3.18. The van der Waals surface area contributed by atoms with E-state index in [1.54, 1.807) is 4.68 Å². The van der Waals surface area contributed by atoms with Gasteiger partial charge in [0.15, 0.2) is 5.52 Å². The summed E-state index contributed by atoms with van der Waals surface area (Å²) in [7, 11) is 1.84. The van der Waals surface area contributed by atoms with Crippen molar-refractivity contribution in [2.45, 2.75) is 44.4 Å². The maximum atomic E-state index is 12.5. The first-order chi connectivity index (χ1) is 10.6. The summed E-state index contributed by atoms with van der Waals surface area (Å²) in [6.07, 6.45) is 4.83. The lowest BCUT2D eigenvalue weighted by Crippen LogP contribution is -2.19. The van der Waals surface area contributed by atoms with Crippen LogP contribution >= 0.6 is 12.4 Å². The molecule has 2 aromatic rings. The molecule has 6 nitrogen and oxygen atoms in total. The molecular weight excluding hydrogens is 314 g/mol. The lowest BCUT2D eigenvalue weighted by molar-refractivity contribution is 0.546. The molecule has 4 rings (SSSR count). The van der Waals surface area contributed by atoms with Crippen LogP contribution < -0.4 is 10.9 Å². The number of halogens is 1. The molecule has 1 saturated heterocycles. The zero-order valence-corrected chi connectivity index (χ0v) is 14.4. The van der Waals surface area contributed by atoms with Crippen molar-refractivity contribution in [1.82, 2.24) is 25.1 Å². The van der Waals surface area contributed by atoms with Crippen molar-refractivity contribution in [2.75, 3.05) is 13.1 Å². The Morgan fingerprint density at radius 1 is 1.22 bits per heavy atom. The zero-order chi connectivity index (χ0) is 15.3. The highest BCUT2D eigenvalue weighted by atomic mass is 35.5. The van der Waals surface area contributed by atoms with Crippen molar-refractivity contribution in [3.63, 3.8) is 0 Å². The van der Waals surface area contributed by atoms with Gasteiger partial charge < -0.3 is 10.3 Å². The summed E-state index contributed by atoms with van der Waals surface area (Å²) in [5.74, 6) is 2.06. The molecule has 1 aliphatic carbocycles. The number of fused-ring (bicyclic) bond motifs is 1. The SMILES string of the molecule is CC1CNCC1c1nc2c(C3CCCC3)nn(C)c2c(=O)[nH]1.Cl. The highest BCUT2D eigenvalue weighted by Gasteiger charge is 2.30. The molecule has 2 aliphatic rings. The third kappa shape index (κ3) is 2.68. The normalized spacial score (nSPS) is 25.1. The highest BCUT2D eigenvalue weighted by molar-refractivity contribution is 5.85. The van der Waals surface area contributed by atoms with Gasteiger partial charge in [0, 0.05) is 25.4 Å². The van der Waals surface area contributed by atoms with Crippen LogP contribution in [0.15, 0.2) is 4.79 Å². The predicted molar refractivity (Wildman–Crippen MR) is 92.4 cm³/mol. The minimum absolute atomic E-state index is 0. The first-order valence-electron chi connectivity index (χ1n) is 8.32. The van der Waals surface area contributed by atoms with Gasteiger partial charge in [-0.25, -0.2) is 4.98 Å². The van der Waals surface area contributed by atoms with Crippen LogP contribution in [0.3, 0.4) is 0 Å². The molecule has 1 saturated carbocycles. The molecular formula is C16H24ClN5O. The van der Waals surface area contributed by atoms with Gasteiger partial charge in [-0.2, -0.15) is 5.10 Å². The van der Waals surface area contributed by atoms with Crippen LogP contribution in [0.5, 0.6) is 0 Å². The van der Waals surface area contributed by atoms with E-state index in [1.807, 2.05) is 7.05 Å². The predicted octanol–water partition coefficient (Wildman–Crippen LogP) is 2.06. The van der Waals surface area contributed by atoms with Crippen molar-refractivity contribution < 1.29 is 0 Å². The number of aromatic amines is 1. The number of rotatable bonds is 2. The quantitative estimate of drug-likeness (QED) is 0.879. The summed E-state index contributed by atoms with van der Waals surface area (Å²) in [6.45, 7) is 4.07. The van der Waals surface area contributed by atoms with Gasteiger partial charge in [0.05, 0.1) is 5.69 Å². The van der Waals surface area contributed by atoms with Gasteiger partial charge in [-0.1, -0.05) is 19.8 Å². The second-order valence-corrected chi connectivity index (χ2v) is 6.88. The van der Waals surface area contributed by atoms with Gasteiger partial charge in [-0.15, -0.1) is 12.4 Å². The minimum Gasteiger partial charge on any atom is -0.316 e. The molecule has 23 heavy (non-hydrogen) atoms. The number of nitrogens with one attached hydrogen (secondary N) is 2. The molecule has 1 aliphatic heterocycles. The Morgan fingerprint density at radius 3 is 2.61 bits per heavy atom. The monoisotopic (exact) mass is 337 g/mol. The molecule has 2 fully saturated rings. The van der Waals surface area contributed by atoms with E-state index in [0.29, 0.717) is 17.4 Å². The second kappa shape index (κ2) is 6.24. The van der Waals surface area contributed by atoms with E-state index in [2.05, 4.69) is 22.3 Å². The molecule has 0 bridgehead atoms. The van der Waals surface area contributed by atoms with E-state index in [0.717, 1.165) is 43.0 Å². The van der Waals surface area contributed by atoms with E-state index in [9.17, 15) is 4.79 Å². The van der Waals surface area contributed by atoms with Gasteiger partial charge in [-0.05, 0) is 25.3 Å². The Bertz CT molecular complexity index is 762. The lowest BCUT2D eigenvalue weighted by atomic mass is 9.97. The van der Waals surface area contributed by atoms with Gasteiger partial charge >= 0.3 is 0 Å². The van der Waals surface area contributed by atoms with Gasteiger partial charge in [0.25, 0.3) is 5.56 Å². The summed E-state index contributed by atoms with van der Waals surface area (Å²) in [6, 6.07) is 0. The number of hydrogen-bond donors (Lipinski definition) is 2. The van der Waals surface area contributed by atoms with Gasteiger partial charge in [0.1, 0.15) is 11.3 Å². The number of aromatic nitrogens is 4. The molecule has 2 atom stereocenters. The Balaban J connectivity index is 0.00000156. The zero-order valence-electron chi connectivity index (χ0n) is 13.6. The Hall–Kier alpha value is -1.40. The molecule has 0 spiro atoms. The molecule has 7 heteroatoms. The van der Waals surface area contributed by atoms with E-state index >= 15 is 0 Å². The van der Waals surface area contributed by atoms with Crippen LogP contribution in [0.4, 0.5) is 0 Å². The van der Waals surface area contributed by atoms with E-state index in [-0.39, 0.29) is 23.9 Å². The van der Waals surface area contributed by atoms with Crippen LogP contribution in [0.1, 0.15) is 56.0 Å². The van der Waals surface area contributed by atoms with Crippen molar-refractivity contribution >= 4 is 23.4 Å².